The van der Waals surface area contributed by atoms with E-state index in [2.05, 4.69) is 18.6 Å². The van der Waals surface area contributed by atoms with E-state index >= 15 is 0 Å². The molecule has 4 nitrogen and oxygen atoms in total. The number of sulfonamides is 1. The molecule has 2 N–H and O–H groups in total. The van der Waals surface area contributed by atoms with Crippen LogP contribution in [0.15, 0.2) is 29.2 Å². The van der Waals surface area contributed by atoms with E-state index in [4.69, 9.17) is 11.6 Å². The van der Waals surface area contributed by atoms with Crippen molar-refractivity contribution in [2.24, 2.45) is 5.92 Å². The minimum atomic E-state index is -3.73. The van der Waals surface area contributed by atoms with Gasteiger partial charge in [-0.1, -0.05) is 71.4 Å². The summed E-state index contributed by atoms with van der Waals surface area (Å²) in [4.78, 5) is 0.170. The summed E-state index contributed by atoms with van der Waals surface area (Å²) in [5.74, 6) is 0.0239. The smallest absolute Gasteiger partial charge is 0.240 e. The van der Waals surface area contributed by atoms with Gasteiger partial charge in [-0.15, -0.1) is 0 Å². The Bertz CT molecular complexity index is 623. The first kappa shape index (κ1) is 23.4. The third-order valence-corrected chi connectivity index (χ3v) is 6.83. The Balaban J connectivity index is 3.19. The van der Waals surface area contributed by atoms with Crippen molar-refractivity contribution < 1.29 is 13.5 Å². The Morgan fingerprint density at radius 1 is 1.08 bits per heavy atom. The van der Waals surface area contributed by atoms with Gasteiger partial charge in [0.1, 0.15) is 0 Å². The highest BCUT2D eigenvalue weighted by Gasteiger charge is 2.40. The van der Waals surface area contributed by atoms with Crippen LogP contribution in [0, 0.1) is 5.92 Å². The fourth-order valence-corrected chi connectivity index (χ4v) is 4.78. The number of hydrogen-bond donors (Lipinski definition) is 2. The van der Waals surface area contributed by atoms with Gasteiger partial charge in [-0.25, -0.2) is 13.1 Å². The molecular formula is C20H34ClNO3S. The molecule has 0 aromatic heterocycles. The van der Waals surface area contributed by atoms with Gasteiger partial charge in [0, 0.05) is 5.02 Å². The van der Waals surface area contributed by atoms with Crippen molar-refractivity contribution in [2.45, 2.75) is 89.2 Å². The lowest BCUT2D eigenvalue weighted by atomic mass is 9.78. The second-order valence-corrected chi connectivity index (χ2v) is 9.40. The lowest BCUT2D eigenvalue weighted by Crippen LogP contribution is -2.55. The molecule has 2 atom stereocenters. The first-order valence-electron chi connectivity index (χ1n) is 9.70. The highest BCUT2D eigenvalue weighted by molar-refractivity contribution is 7.89. The van der Waals surface area contributed by atoms with Crippen LogP contribution in [-0.4, -0.2) is 25.2 Å². The summed E-state index contributed by atoms with van der Waals surface area (Å²) < 4.78 is 28.6. The molecule has 0 saturated carbocycles. The van der Waals surface area contributed by atoms with E-state index < -0.39 is 21.7 Å². The van der Waals surface area contributed by atoms with Crippen molar-refractivity contribution in [3.8, 4) is 0 Å². The van der Waals surface area contributed by atoms with E-state index in [1.165, 1.54) is 12.1 Å². The standard InChI is InChI=1S/C20H34ClNO3S/c1-5-8-14-20(23,15-9-6-2)19(16(4)7-3)22-26(24,25)18-12-10-17(21)11-13-18/h10-13,16,19,22-23H,5-9,14-15H2,1-4H3/t16-,19?/m0/s1. The molecule has 1 aromatic rings. The van der Waals surface area contributed by atoms with Crippen molar-refractivity contribution >= 4 is 21.6 Å². The Kier molecular flexibility index (Phi) is 9.59. The van der Waals surface area contributed by atoms with E-state index in [-0.39, 0.29) is 10.8 Å². The molecule has 0 bridgehead atoms. The third kappa shape index (κ3) is 6.52. The fraction of sp³-hybridized carbons (Fsp3) is 0.700. The van der Waals surface area contributed by atoms with Gasteiger partial charge in [0.05, 0.1) is 16.5 Å². The maximum absolute atomic E-state index is 12.9. The predicted molar refractivity (Wildman–Crippen MR) is 109 cm³/mol. The van der Waals surface area contributed by atoms with Crippen LogP contribution in [0.5, 0.6) is 0 Å². The largest absolute Gasteiger partial charge is 0.388 e. The van der Waals surface area contributed by atoms with Crippen molar-refractivity contribution in [3.63, 3.8) is 0 Å². The highest BCUT2D eigenvalue weighted by atomic mass is 35.5. The van der Waals surface area contributed by atoms with Gasteiger partial charge in [0.15, 0.2) is 0 Å². The van der Waals surface area contributed by atoms with Gasteiger partial charge < -0.3 is 5.11 Å². The maximum atomic E-state index is 12.9. The molecule has 1 aromatic carbocycles. The predicted octanol–water partition coefficient (Wildman–Crippen LogP) is 5.14. The van der Waals surface area contributed by atoms with Gasteiger partial charge in [0.25, 0.3) is 0 Å². The molecule has 0 radical (unpaired) electrons. The summed E-state index contributed by atoms with van der Waals surface area (Å²) in [7, 11) is -3.73. The normalized spacial score (nSPS) is 15.0. The third-order valence-electron chi connectivity index (χ3n) is 5.12. The molecule has 0 aliphatic heterocycles. The Morgan fingerprint density at radius 2 is 1.58 bits per heavy atom. The quantitative estimate of drug-likeness (QED) is 0.507. The zero-order valence-corrected chi connectivity index (χ0v) is 18.0. The van der Waals surface area contributed by atoms with Crippen molar-refractivity contribution in [1.82, 2.24) is 4.72 Å². The molecule has 0 heterocycles. The monoisotopic (exact) mass is 403 g/mol. The summed E-state index contributed by atoms with van der Waals surface area (Å²) >= 11 is 5.87. The molecular weight excluding hydrogens is 370 g/mol. The second kappa shape index (κ2) is 10.6. The molecule has 0 fully saturated rings. The van der Waals surface area contributed by atoms with Crippen LogP contribution in [0.2, 0.25) is 5.02 Å². The number of rotatable bonds is 12. The molecule has 0 aliphatic carbocycles. The van der Waals surface area contributed by atoms with Crippen molar-refractivity contribution in [3.05, 3.63) is 29.3 Å². The number of nitrogens with one attached hydrogen (secondary N) is 1. The number of hydrogen-bond acceptors (Lipinski definition) is 3. The SMILES string of the molecule is CCCCC(O)(CCCC)C(NS(=O)(=O)c1ccc(Cl)cc1)[C@@H](C)CC. The number of benzene rings is 1. The van der Waals surface area contributed by atoms with E-state index in [1.807, 2.05) is 13.8 Å². The summed E-state index contributed by atoms with van der Waals surface area (Å²) in [5.41, 5.74) is -1.04. The lowest BCUT2D eigenvalue weighted by molar-refractivity contribution is -0.0274. The van der Waals surface area contributed by atoms with Gasteiger partial charge in [-0.05, 0) is 43.0 Å². The first-order chi connectivity index (χ1) is 12.2. The molecule has 0 aliphatic rings. The summed E-state index contributed by atoms with van der Waals surface area (Å²) in [6, 6.07) is 5.60. The van der Waals surface area contributed by atoms with Crippen LogP contribution in [0.25, 0.3) is 0 Å². The molecule has 1 rings (SSSR count). The zero-order chi connectivity index (χ0) is 19.8. The number of halogens is 1. The van der Waals surface area contributed by atoms with Crippen LogP contribution in [-0.2, 0) is 10.0 Å². The minimum absolute atomic E-state index is 0.0239. The molecule has 0 saturated heterocycles. The van der Waals surface area contributed by atoms with E-state index in [1.54, 1.807) is 12.1 Å². The van der Waals surface area contributed by atoms with Gasteiger partial charge in [0.2, 0.25) is 10.0 Å². The zero-order valence-electron chi connectivity index (χ0n) is 16.5. The Hall–Kier alpha value is -0.620. The fourth-order valence-electron chi connectivity index (χ4n) is 3.24. The van der Waals surface area contributed by atoms with E-state index in [0.29, 0.717) is 17.9 Å². The summed E-state index contributed by atoms with van der Waals surface area (Å²) in [6.45, 7) is 8.18. The van der Waals surface area contributed by atoms with Crippen LogP contribution in [0.3, 0.4) is 0 Å². The summed E-state index contributed by atoms with van der Waals surface area (Å²) in [5, 5.41) is 11.9. The molecule has 6 heteroatoms. The maximum Gasteiger partial charge on any atom is 0.240 e. The molecule has 0 spiro atoms. The molecule has 0 amide bonds. The Labute approximate surface area is 164 Å². The topological polar surface area (TPSA) is 66.4 Å². The van der Waals surface area contributed by atoms with Gasteiger partial charge in [-0.2, -0.15) is 0 Å². The number of aliphatic hydroxyl groups is 1. The molecule has 150 valence electrons. The Morgan fingerprint density at radius 3 is 2.00 bits per heavy atom. The van der Waals surface area contributed by atoms with Crippen LogP contribution < -0.4 is 4.72 Å². The van der Waals surface area contributed by atoms with Crippen LogP contribution in [0.4, 0.5) is 0 Å². The highest BCUT2D eigenvalue weighted by Crippen LogP contribution is 2.32. The van der Waals surface area contributed by atoms with Crippen molar-refractivity contribution in [1.29, 1.82) is 0 Å². The molecule has 26 heavy (non-hydrogen) atoms. The van der Waals surface area contributed by atoms with Crippen LogP contribution >= 0.6 is 11.6 Å². The van der Waals surface area contributed by atoms with E-state index in [9.17, 15) is 13.5 Å². The average Bonchev–Trinajstić information content (AvgIpc) is 2.62. The van der Waals surface area contributed by atoms with Gasteiger partial charge >= 0.3 is 0 Å². The van der Waals surface area contributed by atoms with Gasteiger partial charge in [-0.3, -0.25) is 0 Å². The average molecular weight is 404 g/mol. The first-order valence-corrected chi connectivity index (χ1v) is 11.6. The second-order valence-electron chi connectivity index (χ2n) is 7.25. The van der Waals surface area contributed by atoms with E-state index in [0.717, 1.165) is 32.1 Å². The van der Waals surface area contributed by atoms with Crippen LogP contribution in [0.1, 0.15) is 72.6 Å². The number of unbranched alkanes of at least 4 members (excludes halogenated alkanes) is 2. The lowest BCUT2D eigenvalue weighted by Gasteiger charge is -2.40. The molecule has 1 unspecified atom stereocenters. The minimum Gasteiger partial charge on any atom is -0.388 e. The van der Waals surface area contributed by atoms with Crippen molar-refractivity contribution in [2.75, 3.05) is 0 Å². The summed E-state index contributed by atoms with van der Waals surface area (Å²) in [6.07, 6.45) is 5.65.